The van der Waals surface area contributed by atoms with E-state index in [4.69, 9.17) is 23.6 Å². The van der Waals surface area contributed by atoms with Gasteiger partial charge in [-0.25, -0.2) is 4.98 Å². The summed E-state index contributed by atoms with van der Waals surface area (Å²) >= 11 is 3.60. The molecule has 208 valence electrons. The summed E-state index contributed by atoms with van der Waals surface area (Å²) in [7, 11) is 8.71. The molecule has 8 nitrogen and oxygen atoms in total. The number of furan rings is 1. The zero-order valence-electron chi connectivity index (χ0n) is 23.1. The highest BCUT2D eigenvalue weighted by molar-refractivity contribution is 9.10. The number of hydrogen-bond donors (Lipinski definition) is 1. The molecule has 0 aliphatic heterocycles. The molecule has 2 aromatic carbocycles. The summed E-state index contributed by atoms with van der Waals surface area (Å²) in [5.41, 5.74) is 1.05. The van der Waals surface area contributed by atoms with Crippen molar-refractivity contribution in [1.29, 1.82) is 0 Å². The molecule has 0 bridgehead atoms. The van der Waals surface area contributed by atoms with E-state index in [0.29, 0.717) is 47.2 Å². The molecule has 0 radical (unpaired) electrons. The normalized spacial score (nSPS) is 13.9. The first-order chi connectivity index (χ1) is 19.3. The molecule has 0 unspecified atom stereocenters. The van der Waals surface area contributed by atoms with E-state index in [1.54, 1.807) is 46.1 Å². The minimum atomic E-state index is -1.54. The van der Waals surface area contributed by atoms with Gasteiger partial charge in [0.25, 0.3) is 5.88 Å². The fourth-order valence-corrected chi connectivity index (χ4v) is 5.78. The molecule has 0 aliphatic rings. The topological polar surface area (TPSA) is 90.1 Å². The third kappa shape index (κ3) is 5.00. The molecule has 5 aromatic rings. The van der Waals surface area contributed by atoms with Crippen LogP contribution in [0.15, 0.2) is 76.1 Å². The molecule has 5 rings (SSSR count). The largest absolute Gasteiger partial charge is 0.496 e. The number of halogens is 1. The number of benzene rings is 2. The maximum Gasteiger partial charge on any atom is 0.257 e. The Bertz CT molecular complexity index is 1650. The van der Waals surface area contributed by atoms with E-state index in [1.165, 1.54) is 0 Å². The van der Waals surface area contributed by atoms with Gasteiger partial charge < -0.3 is 28.6 Å². The Morgan fingerprint density at radius 3 is 2.45 bits per heavy atom. The molecule has 0 aliphatic carbocycles. The molecule has 2 atom stereocenters. The average molecular weight is 607 g/mol. The van der Waals surface area contributed by atoms with Crippen molar-refractivity contribution in [3.05, 3.63) is 88.5 Å². The lowest BCUT2D eigenvalue weighted by Crippen LogP contribution is -2.39. The zero-order valence-corrected chi connectivity index (χ0v) is 24.7. The number of fused-ring (bicyclic) bond motifs is 2. The van der Waals surface area contributed by atoms with E-state index in [2.05, 4.69) is 27.0 Å². The molecule has 3 aromatic heterocycles. The maximum absolute atomic E-state index is 13.1. The van der Waals surface area contributed by atoms with E-state index >= 15 is 0 Å². The van der Waals surface area contributed by atoms with Crippen LogP contribution in [-0.2, 0) is 5.60 Å². The zero-order chi connectivity index (χ0) is 28.4. The smallest absolute Gasteiger partial charge is 0.257 e. The van der Waals surface area contributed by atoms with Crippen molar-refractivity contribution in [3.8, 4) is 17.4 Å². The van der Waals surface area contributed by atoms with Crippen LogP contribution in [-0.4, -0.2) is 61.9 Å². The first-order valence-corrected chi connectivity index (χ1v) is 13.6. The number of rotatable bonds is 10. The van der Waals surface area contributed by atoms with Crippen molar-refractivity contribution in [3.63, 3.8) is 0 Å². The van der Waals surface area contributed by atoms with Crippen molar-refractivity contribution >= 4 is 37.7 Å². The minimum absolute atomic E-state index is 0.317. The predicted octanol–water partition coefficient (Wildman–Crippen LogP) is 6.14. The van der Waals surface area contributed by atoms with Crippen LogP contribution in [0.5, 0.6) is 17.4 Å². The van der Waals surface area contributed by atoms with Crippen LogP contribution in [0.3, 0.4) is 0 Å². The molecule has 0 spiro atoms. The third-order valence-corrected chi connectivity index (χ3v) is 7.77. The van der Waals surface area contributed by atoms with E-state index in [-0.39, 0.29) is 0 Å². The predicted molar refractivity (Wildman–Crippen MR) is 158 cm³/mol. The van der Waals surface area contributed by atoms with Crippen molar-refractivity contribution in [2.45, 2.75) is 17.9 Å². The van der Waals surface area contributed by atoms with Crippen LogP contribution in [0.2, 0.25) is 0 Å². The first-order valence-electron chi connectivity index (χ1n) is 12.8. The highest BCUT2D eigenvalue weighted by Gasteiger charge is 2.46. The Balaban J connectivity index is 1.90. The lowest BCUT2D eigenvalue weighted by molar-refractivity contribution is 0.000731. The standard InChI is InChI=1S/C31H32BrN3O5/c1-35(2)14-11-31(36,29-22-10-15-40-25(22)9-13-33-29)27(23-8-12-34-30(39-5)28(23)38-4)24-17-20-16-21(32)7-6-19(20)18-26(24)37-3/h6-10,12-13,15-18,27,36H,11,14H2,1-5H3/t27-,31+/m1/s1. The van der Waals surface area contributed by atoms with E-state index in [9.17, 15) is 5.11 Å². The fraction of sp³-hybridized carbons (Fsp3) is 0.290. The van der Waals surface area contributed by atoms with Crippen LogP contribution < -0.4 is 14.2 Å². The first kappa shape index (κ1) is 27.9. The Morgan fingerprint density at radius 2 is 1.73 bits per heavy atom. The molecular weight excluding hydrogens is 574 g/mol. The number of aliphatic hydroxyl groups is 1. The fourth-order valence-electron chi connectivity index (χ4n) is 5.40. The highest BCUT2D eigenvalue weighted by atomic mass is 79.9. The van der Waals surface area contributed by atoms with Crippen LogP contribution in [0.25, 0.3) is 21.7 Å². The van der Waals surface area contributed by atoms with Gasteiger partial charge in [0.2, 0.25) is 0 Å². The van der Waals surface area contributed by atoms with Crippen LogP contribution in [0.4, 0.5) is 0 Å². The quantitative estimate of drug-likeness (QED) is 0.203. The summed E-state index contributed by atoms with van der Waals surface area (Å²) in [6.07, 6.45) is 5.28. The van der Waals surface area contributed by atoms with Gasteiger partial charge in [0.05, 0.1) is 39.2 Å². The van der Waals surface area contributed by atoms with E-state index < -0.39 is 11.5 Å². The van der Waals surface area contributed by atoms with Gasteiger partial charge in [-0.15, -0.1) is 0 Å². The summed E-state index contributed by atoms with van der Waals surface area (Å²) in [5, 5.41) is 15.9. The lowest BCUT2D eigenvalue weighted by Gasteiger charge is -2.39. The maximum atomic E-state index is 13.1. The van der Waals surface area contributed by atoms with Crippen molar-refractivity contribution in [1.82, 2.24) is 14.9 Å². The van der Waals surface area contributed by atoms with Crippen LogP contribution in [0.1, 0.15) is 29.2 Å². The number of methoxy groups -OCH3 is 3. The number of nitrogens with zero attached hydrogens (tertiary/aromatic N) is 3. The summed E-state index contributed by atoms with van der Waals surface area (Å²) in [5.74, 6) is 0.664. The summed E-state index contributed by atoms with van der Waals surface area (Å²) in [6, 6.07) is 15.6. The molecule has 3 heterocycles. The number of aromatic nitrogens is 2. The van der Waals surface area contributed by atoms with Gasteiger partial charge in [0.1, 0.15) is 16.9 Å². The van der Waals surface area contributed by atoms with Crippen molar-refractivity contribution < 1.29 is 23.7 Å². The van der Waals surface area contributed by atoms with E-state index in [0.717, 1.165) is 26.2 Å². The second-order valence-electron chi connectivity index (χ2n) is 9.93. The summed E-state index contributed by atoms with van der Waals surface area (Å²) in [6.45, 7) is 0.578. The van der Waals surface area contributed by atoms with Gasteiger partial charge in [0.15, 0.2) is 5.75 Å². The SMILES string of the molecule is COc1cc2ccc(Br)cc2cc1[C@@H](c1ccnc(OC)c1OC)[C@@](O)(CCN(C)C)c1nccc2occc12. The molecule has 0 amide bonds. The Morgan fingerprint density at radius 1 is 0.925 bits per heavy atom. The van der Waals surface area contributed by atoms with Crippen molar-refractivity contribution in [2.75, 3.05) is 42.0 Å². The summed E-state index contributed by atoms with van der Waals surface area (Å²) in [4.78, 5) is 11.2. The van der Waals surface area contributed by atoms with E-state index in [1.807, 2.05) is 55.4 Å². The molecule has 0 saturated heterocycles. The lowest BCUT2D eigenvalue weighted by atomic mass is 9.72. The van der Waals surface area contributed by atoms with Crippen LogP contribution >= 0.6 is 15.9 Å². The average Bonchev–Trinajstić information content (AvgIpc) is 3.44. The molecule has 0 saturated carbocycles. The molecular formula is C31H32BrN3O5. The van der Waals surface area contributed by atoms with Gasteiger partial charge in [0, 0.05) is 39.9 Å². The highest BCUT2D eigenvalue weighted by Crippen LogP contribution is 2.52. The van der Waals surface area contributed by atoms with Gasteiger partial charge in [-0.2, -0.15) is 0 Å². The second kappa shape index (κ2) is 11.4. The van der Waals surface area contributed by atoms with Gasteiger partial charge in [-0.1, -0.05) is 22.0 Å². The molecule has 1 N–H and O–H groups in total. The Labute approximate surface area is 241 Å². The second-order valence-corrected chi connectivity index (χ2v) is 10.8. The Kier molecular flexibility index (Phi) is 7.98. The van der Waals surface area contributed by atoms with Gasteiger partial charge in [-0.05, 0) is 73.8 Å². The third-order valence-electron chi connectivity index (χ3n) is 7.28. The minimum Gasteiger partial charge on any atom is -0.496 e. The van der Waals surface area contributed by atoms with Crippen LogP contribution in [0, 0.1) is 0 Å². The molecule has 9 heteroatoms. The number of ether oxygens (including phenoxy) is 3. The monoisotopic (exact) mass is 605 g/mol. The molecule has 40 heavy (non-hydrogen) atoms. The molecule has 0 fully saturated rings. The summed E-state index contributed by atoms with van der Waals surface area (Å²) < 4.78 is 24.1. The van der Waals surface area contributed by atoms with Gasteiger partial charge >= 0.3 is 0 Å². The number of hydrogen-bond acceptors (Lipinski definition) is 8. The van der Waals surface area contributed by atoms with Gasteiger partial charge in [-0.3, -0.25) is 4.98 Å². The Hall–Kier alpha value is -3.66. The number of pyridine rings is 2. The van der Waals surface area contributed by atoms with Crippen molar-refractivity contribution in [2.24, 2.45) is 0 Å².